The van der Waals surface area contributed by atoms with Crippen molar-refractivity contribution < 1.29 is 4.42 Å². The van der Waals surface area contributed by atoms with Gasteiger partial charge in [-0.2, -0.15) is 0 Å². The molecule has 0 unspecified atom stereocenters. The van der Waals surface area contributed by atoms with E-state index in [0.717, 1.165) is 33.0 Å². The van der Waals surface area contributed by atoms with Crippen LogP contribution in [0.2, 0.25) is 5.02 Å². The zero-order valence-electron chi connectivity index (χ0n) is 20.4. The molecule has 3 aromatic heterocycles. The first-order valence-electron chi connectivity index (χ1n) is 12.6. The Bertz CT molecular complexity index is 2200. The van der Waals surface area contributed by atoms with E-state index in [2.05, 4.69) is 42.5 Å². The Hall–Kier alpha value is -4.58. The summed E-state index contributed by atoms with van der Waals surface area (Å²) in [6.07, 6.45) is 0. The minimum absolute atomic E-state index is 0.550. The number of thiophene rings is 1. The number of fused-ring (bicyclic) bond motifs is 6. The summed E-state index contributed by atoms with van der Waals surface area (Å²) < 4.78 is 8.61. The summed E-state index contributed by atoms with van der Waals surface area (Å²) in [6.45, 7) is 0. The average Bonchev–Trinajstić information content (AvgIpc) is 3.54. The van der Waals surface area contributed by atoms with Crippen molar-refractivity contribution in [2.24, 2.45) is 0 Å². The van der Waals surface area contributed by atoms with Gasteiger partial charge in [-0.15, -0.1) is 11.3 Å². The zero-order valence-corrected chi connectivity index (χ0v) is 22.0. The lowest BCUT2D eigenvalue weighted by Crippen LogP contribution is -2.00. The average molecular weight is 540 g/mol. The third-order valence-electron chi connectivity index (χ3n) is 6.99. The van der Waals surface area contributed by atoms with Crippen molar-refractivity contribution in [1.29, 1.82) is 0 Å². The van der Waals surface area contributed by atoms with Crippen molar-refractivity contribution in [2.45, 2.75) is 0 Å². The molecule has 184 valence electrons. The fourth-order valence-electron chi connectivity index (χ4n) is 5.20. The van der Waals surface area contributed by atoms with E-state index in [1.807, 2.05) is 66.7 Å². The molecule has 0 amide bonds. The number of rotatable bonds is 3. The van der Waals surface area contributed by atoms with Crippen LogP contribution in [-0.2, 0) is 0 Å². The summed E-state index contributed by atoms with van der Waals surface area (Å²) in [5.41, 5.74) is 4.16. The second-order valence-electron chi connectivity index (χ2n) is 9.41. The topological polar surface area (TPSA) is 51.8 Å². The first kappa shape index (κ1) is 22.4. The molecular formula is C33H18ClN3OS. The zero-order chi connectivity index (χ0) is 25.9. The van der Waals surface area contributed by atoms with Crippen molar-refractivity contribution in [3.8, 4) is 34.2 Å². The maximum Gasteiger partial charge on any atom is 0.164 e. The number of benzene rings is 5. The van der Waals surface area contributed by atoms with Crippen LogP contribution in [0.3, 0.4) is 0 Å². The van der Waals surface area contributed by atoms with Crippen LogP contribution in [0.5, 0.6) is 0 Å². The van der Waals surface area contributed by atoms with Gasteiger partial charge in [0.15, 0.2) is 17.5 Å². The Morgan fingerprint density at radius 2 is 1.23 bits per heavy atom. The Morgan fingerprint density at radius 1 is 0.538 bits per heavy atom. The minimum Gasteiger partial charge on any atom is -0.456 e. The molecule has 0 atom stereocenters. The third kappa shape index (κ3) is 3.70. The molecule has 0 aliphatic heterocycles. The van der Waals surface area contributed by atoms with Crippen molar-refractivity contribution in [2.75, 3.05) is 0 Å². The third-order valence-corrected chi connectivity index (χ3v) is 8.34. The predicted octanol–water partition coefficient (Wildman–Crippen LogP) is 9.79. The van der Waals surface area contributed by atoms with Gasteiger partial charge in [-0.3, -0.25) is 0 Å². The first-order valence-corrected chi connectivity index (χ1v) is 13.7. The summed E-state index contributed by atoms with van der Waals surface area (Å²) in [6, 6.07) is 36.6. The van der Waals surface area contributed by atoms with Crippen LogP contribution in [0.1, 0.15) is 0 Å². The van der Waals surface area contributed by atoms with Crippen LogP contribution in [0.15, 0.2) is 114 Å². The Morgan fingerprint density at radius 3 is 2.10 bits per heavy atom. The van der Waals surface area contributed by atoms with E-state index in [1.165, 1.54) is 20.2 Å². The second-order valence-corrected chi connectivity index (χ2v) is 10.9. The van der Waals surface area contributed by atoms with Gasteiger partial charge in [0.2, 0.25) is 0 Å². The molecule has 6 heteroatoms. The number of para-hydroxylation sites is 1. The van der Waals surface area contributed by atoms with E-state index in [0.29, 0.717) is 28.1 Å². The fraction of sp³-hybridized carbons (Fsp3) is 0. The Balaban J connectivity index is 1.40. The highest BCUT2D eigenvalue weighted by Crippen LogP contribution is 2.39. The van der Waals surface area contributed by atoms with E-state index in [-0.39, 0.29) is 0 Å². The molecule has 0 saturated carbocycles. The van der Waals surface area contributed by atoms with Crippen molar-refractivity contribution >= 4 is 65.0 Å². The van der Waals surface area contributed by atoms with Gasteiger partial charge in [0, 0.05) is 58.7 Å². The van der Waals surface area contributed by atoms with Gasteiger partial charge in [-0.25, -0.2) is 15.0 Å². The normalized spacial score (nSPS) is 11.7. The van der Waals surface area contributed by atoms with E-state index < -0.39 is 0 Å². The molecule has 0 radical (unpaired) electrons. The predicted molar refractivity (Wildman–Crippen MR) is 161 cm³/mol. The van der Waals surface area contributed by atoms with Crippen LogP contribution >= 0.6 is 22.9 Å². The number of halogens is 1. The largest absolute Gasteiger partial charge is 0.456 e. The monoisotopic (exact) mass is 539 g/mol. The Labute approximate surface area is 232 Å². The summed E-state index contributed by atoms with van der Waals surface area (Å²) in [7, 11) is 0. The van der Waals surface area contributed by atoms with E-state index in [4.69, 9.17) is 31.0 Å². The highest BCUT2D eigenvalue weighted by molar-refractivity contribution is 7.25. The molecule has 0 saturated heterocycles. The van der Waals surface area contributed by atoms with Crippen molar-refractivity contribution in [1.82, 2.24) is 15.0 Å². The smallest absolute Gasteiger partial charge is 0.164 e. The summed E-state index contributed by atoms with van der Waals surface area (Å²) in [4.78, 5) is 14.9. The minimum atomic E-state index is 0.550. The lowest BCUT2D eigenvalue weighted by Gasteiger charge is -2.10. The SMILES string of the molecule is Clc1cc(-c2nc(-c3ccccc3)nc(-c3ccc4c(c3)sc3ccccc34)n2)c2c(c1)oc1ccccc12. The molecule has 0 aliphatic carbocycles. The molecule has 0 N–H and O–H groups in total. The molecule has 0 aliphatic rings. The van der Waals surface area contributed by atoms with Crippen LogP contribution in [0, 0.1) is 0 Å². The van der Waals surface area contributed by atoms with Gasteiger partial charge in [0.1, 0.15) is 11.2 Å². The van der Waals surface area contributed by atoms with Gasteiger partial charge < -0.3 is 4.42 Å². The van der Waals surface area contributed by atoms with Gasteiger partial charge in [0.05, 0.1) is 0 Å². The summed E-state index contributed by atoms with van der Waals surface area (Å²) in [5.74, 6) is 1.77. The van der Waals surface area contributed by atoms with E-state index in [9.17, 15) is 0 Å². The lowest BCUT2D eigenvalue weighted by atomic mass is 10.1. The van der Waals surface area contributed by atoms with Crippen molar-refractivity contribution in [3.63, 3.8) is 0 Å². The summed E-state index contributed by atoms with van der Waals surface area (Å²) >= 11 is 8.37. The van der Waals surface area contributed by atoms with E-state index >= 15 is 0 Å². The van der Waals surface area contributed by atoms with Crippen LogP contribution in [0.4, 0.5) is 0 Å². The molecule has 4 nitrogen and oxygen atoms in total. The molecular weight excluding hydrogens is 522 g/mol. The van der Waals surface area contributed by atoms with Crippen LogP contribution in [-0.4, -0.2) is 15.0 Å². The highest BCUT2D eigenvalue weighted by atomic mass is 35.5. The second kappa shape index (κ2) is 8.73. The molecule has 8 rings (SSSR count). The number of furan rings is 1. The van der Waals surface area contributed by atoms with Crippen LogP contribution in [0.25, 0.3) is 76.3 Å². The first-order chi connectivity index (χ1) is 19.2. The fourth-order valence-corrected chi connectivity index (χ4v) is 6.56. The maximum atomic E-state index is 6.59. The molecule has 0 fully saturated rings. The molecule has 8 aromatic rings. The number of hydrogen-bond acceptors (Lipinski definition) is 5. The molecule has 0 spiro atoms. The van der Waals surface area contributed by atoms with Gasteiger partial charge in [-0.05, 0) is 24.3 Å². The van der Waals surface area contributed by atoms with Gasteiger partial charge in [0.25, 0.3) is 0 Å². The van der Waals surface area contributed by atoms with E-state index in [1.54, 1.807) is 11.3 Å². The number of aromatic nitrogens is 3. The molecule has 5 aromatic carbocycles. The molecule has 0 bridgehead atoms. The van der Waals surface area contributed by atoms with Gasteiger partial charge >= 0.3 is 0 Å². The van der Waals surface area contributed by atoms with Crippen LogP contribution < -0.4 is 0 Å². The lowest BCUT2D eigenvalue weighted by molar-refractivity contribution is 0.669. The highest BCUT2D eigenvalue weighted by Gasteiger charge is 2.19. The maximum absolute atomic E-state index is 6.59. The van der Waals surface area contributed by atoms with Gasteiger partial charge in [-0.1, -0.05) is 90.5 Å². The standard InChI is InChI=1S/C33H18ClN3OS/c34-21-17-25(30-24-11-4-6-12-26(24)38-27(30)18-21)33-36-31(19-8-2-1-3-9-19)35-32(37-33)20-14-15-23-22-10-5-7-13-28(22)39-29(23)16-20/h1-18H. The number of hydrogen-bond donors (Lipinski definition) is 0. The Kier molecular flexibility index (Phi) is 5.02. The number of nitrogens with zero attached hydrogens (tertiary/aromatic N) is 3. The molecule has 39 heavy (non-hydrogen) atoms. The van der Waals surface area contributed by atoms with Crippen molar-refractivity contribution in [3.05, 3.63) is 114 Å². The molecule has 3 heterocycles. The quantitative estimate of drug-likeness (QED) is 0.224. The summed E-state index contributed by atoms with van der Waals surface area (Å²) in [5, 5.41) is 4.99.